The van der Waals surface area contributed by atoms with Crippen molar-refractivity contribution in [2.24, 2.45) is 5.41 Å². The first-order valence-electron chi connectivity index (χ1n) is 12.8. The fourth-order valence-corrected chi connectivity index (χ4v) is 6.99. The van der Waals surface area contributed by atoms with Crippen molar-refractivity contribution >= 4 is 5.91 Å². The molecule has 6 rings (SSSR count). The highest BCUT2D eigenvalue weighted by Gasteiger charge is 2.61. The van der Waals surface area contributed by atoms with Gasteiger partial charge in [-0.2, -0.15) is 0 Å². The van der Waals surface area contributed by atoms with Crippen molar-refractivity contribution in [2.45, 2.75) is 69.6 Å². The van der Waals surface area contributed by atoms with Crippen LogP contribution < -0.4 is 5.32 Å². The summed E-state index contributed by atoms with van der Waals surface area (Å²) in [5, 5.41) is 3.98. The summed E-state index contributed by atoms with van der Waals surface area (Å²) in [5.41, 5.74) is 3.86. The number of pyridine rings is 1. The van der Waals surface area contributed by atoms with E-state index in [1.165, 1.54) is 18.1 Å². The summed E-state index contributed by atoms with van der Waals surface area (Å²) >= 11 is 0. The van der Waals surface area contributed by atoms with E-state index in [4.69, 9.17) is 0 Å². The molecule has 3 aliphatic rings. The Hall–Kier alpha value is -3.05. The number of amides is 1. The van der Waals surface area contributed by atoms with E-state index in [2.05, 4.69) is 52.5 Å². The van der Waals surface area contributed by atoms with Gasteiger partial charge in [0.2, 0.25) is 0 Å². The lowest BCUT2D eigenvalue weighted by atomic mass is 9.65. The molecule has 0 unspecified atom stereocenters. The average Bonchev–Trinajstić information content (AvgIpc) is 3.17. The number of carbonyl (C=O) groups excluding carboxylic acids is 1. The monoisotopic (exact) mass is 469 g/mol. The summed E-state index contributed by atoms with van der Waals surface area (Å²) in [4.78, 5) is 20.7. The number of carbonyl (C=O) groups is 1. The number of aromatic nitrogens is 1. The summed E-state index contributed by atoms with van der Waals surface area (Å²) in [6, 6.07) is 20.3. The molecule has 1 aromatic heterocycles. The first kappa shape index (κ1) is 22.4. The van der Waals surface area contributed by atoms with E-state index in [9.17, 15) is 9.18 Å². The maximum Gasteiger partial charge on any atom is 0.256 e. The second kappa shape index (κ2) is 8.87. The van der Waals surface area contributed by atoms with Gasteiger partial charge in [0.05, 0.1) is 5.56 Å². The van der Waals surface area contributed by atoms with Gasteiger partial charge in [-0.3, -0.25) is 9.78 Å². The topological polar surface area (TPSA) is 45.2 Å². The minimum atomic E-state index is -0.246. The second-order valence-electron chi connectivity index (χ2n) is 10.8. The third kappa shape index (κ3) is 4.06. The molecule has 2 aliphatic heterocycles. The van der Waals surface area contributed by atoms with Gasteiger partial charge in [-0.1, -0.05) is 49.4 Å². The zero-order valence-corrected chi connectivity index (χ0v) is 20.2. The SMILES string of the molecule is C[C@@]12C[C@H]3[C@H](Cc4ccccc4)N[C@@H]1CCC[C@@H]2N3C(=O)c1cncc(Cc2cccc(F)c2)c1. The van der Waals surface area contributed by atoms with Crippen LogP contribution in [0.4, 0.5) is 4.39 Å². The number of hydrogen-bond donors (Lipinski definition) is 1. The Kier molecular flexibility index (Phi) is 5.68. The molecule has 180 valence electrons. The zero-order valence-electron chi connectivity index (χ0n) is 20.2. The Morgan fingerprint density at radius 1 is 1.06 bits per heavy atom. The molecule has 3 aromatic rings. The van der Waals surface area contributed by atoms with Crippen molar-refractivity contribution in [3.63, 3.8) is 0 Å². The number of rotatable bonds is 5. The molecule has 2 saturated heterocycles. The molecule has 0 radical (unpaired) electrons. The largest absolute Gasteiger partial charge is 0.330 e. The van der Waals surface area contributed by atoms with Gasteiger partial charge in [0.1, 0.15) is 5.82 Å². The number of hydrogen-bond acceptors (Lipinski definition) is 3. The van der Waals surface area contributed by atoms with E-state index < -0.39 is 0 Å². The minimum Gasteiger partial charge on any atom is -0.330 e. The van der Waals surface area contributed by atoms with Gasteiger partial charge in [0, 0.05) is 42.0 Å². The molecular weight excluding hydrogens is 437 g/mol. The number of halogens is 1. The van der Waals surface area contributed by atoms with Crippen LogP contribution >= 0.6 is 0 Å². The number of piperidine rings is 1. The molecule has 1 N–H and O–H groups in total. The molecule has 5 heteroatoms. The maximum absolute atomic E-state index is 14.1. The molecule has 1 saturated carbocycles. The molecule has 2 bridgehead atoms. The third-order valence-electron chi connectivity index (χ3n) is 8.62. The number of nitrogens with one attached hydrogen (secondary N) is 1. The van der Waals surface area contributed by atoms with Crippen LogP contribution in [0.15, 0.2) is 73.1 Å². The Morgan fingerprint density at radius 3 is 2.71 bits per heavy atom. The summed E-state index contributed by atoms with van der Waals surface area (Å²) < 4.78 is 13.7. The lowest BCUT2D eigenvalue weighted by Gasteiger charge is -2.46. The van der Waals surface area contributed by atoms with Crippen LogP contribution in [0.2, 0.25) is 0 Å². The summed E-state index contributed by atoms with van der Waals surface area (Å²) in [7, 11) is 0. The second-order valence-corrected chi connectivity index (χ2v) is 10.8. The van der Waals surface area contributed by atoms with Gasteiger partial charge < -0.3 is 10.2 Å². The van der Waals surface area contributed by atoms with E-state index in [-0.39, 0.29) is 35.3 Å². The van der Waals surface area contributed by atoms with Gasteiger partial charge in [0.25, 0.3) is 5.91 Å². The number of benzene rings is 2. The highest BCUT2D eigenvalue weighted by molar-refractivity contribution is 5.95. The Labute approximate surface area is 206 Å². The molecule has 2 aromatic carbocycles. The van der Waals surface area contributed by atoms with Crippen LogP contribution in [0.5, 0.6) is 0 Å². The predicted octanol–water partition coefficient (Wildman–Crippen LogP) is 5.17. The molecule has 0 spiro atoms. The van der Waals surface area contributed by atoms with Gasteiger partial charge in [0.15, 0.2) is 0 Å². The first-order valence-corrected chi connectivity index (χ1v) is 12.8. The standard InChI is InChI=1S/C30H32FN3O/c1-30-17-26-25(16-20-7-3-2-4-8-20)33-27(30)11-6-12-28(30)34(26)29(35)23-14-22(18-32-19-23)13-21-9-5-10-24(31)15-21/h2-5,7-10,14-15,18-19,25-28,33H,6,11-13,16-17H2,1H3/t25-,26-,27+,28-,30+/m0/s1. The van der Waals surface area contributed by atoms with E-state index in [1.54, 1.807) is 24.5 Å². The van der Waals surface area contributed by atoms with Crippen LogP contribution in [-0.4, -0.2) is 40.0 Å². The summed E-state index contributed by atoms with van der Waals surface area (Å²) in [5.74, 6) is -0.163. The highest BCUT2D eigenvalue weighted by atomic mass is 19.1. The van der Waals surface area contributed by atoms with E-state index >= 15 is 0 Å². The van der Waals surface area contributed by atoms with E-state index in [0.29, 0.717) is 18.0 Å². The van der Waals surface area contributed by atoms with E-state index in [0.717, 1.165) is 36.8 Å². The molecule has 4 nitrogen and oxygen atoms in total. The fourth-order valence-electron chi connectivity index (χ4n) is 6.99. The van der Waals surface area contributed by atoms with Gasteiger partial charge >= 0.3 is 0 Å². The molecule has 1 amide bonds. The maximum atomic E-state index is 14.1. The Morgan fingerprint density at radius 2 is 1.89 bits per heavy atom. The lowest BCUT2D eigenvalue weighted by Crippen LogP contribution is -2.58. The van der Waals surface area contributed by atoms with Crippen LogP contribution in [0.3, 0.4) is 0 Å². The molecule has 5 atom stereocenters. The summed E-state index contributed by atoms with van der Waals surface area (Å²) in [6.45, 7) is 2.38. The van der Waals surface area contributed by atoms with Crippen molar-refractivity contribution in [2.75, 3.05) is 0 Å². The molecule has 35 heavy (non-hydrogen) atoms. The van der Waals surface area contributed by atoms with Crippen LogP contribution in [-0.2, 0) is 12.8 Å². The normalized spacial score (nSPS) is 29.3. The minimum absolute atomic E-state index is 0.0831. The van der Waals surface area contributed by atoms with Crippen molar-refractivity contribution in [1.29, 1.82) is 0 Å². The van der Waals surface area contributed by atoms with Gasteiger partial charge in [-0.05, 0) is 73.4 Å². The number of nitrogens with zero attached hydrogens (tertiary/aromatic N) is 2. The summed E-state index contributed by atoms with van der Waals surface area (Å²) in [6.07, 6.45) is 9.38. The molecular formula is C30H32FN3O. The highest BCUT2D eigenvalue weighted by Crippen LogP contribution is 2.53. The number of likely N-dealkylation sites (tertiary alicyclic amines) is 1. The number of fused-ring (bicyclic) bond motifs is 1. The average molecular weight is 470 g/mol. The quantitative estimate of drug-likeness (QED) is 0.561. The Bertz CT molecular complexity index is 1230. The smallest absolute Gasteiger partial charge is 0.256 e. The van der Waals surface area contributed by atoms with Crippen molar-refractivity contribution in [1.82, 2.24) is 15.2 Å². The third-order valence-corrected chi connectivity index (χ3v) is 8.62. The van der Waals surface area contributed by atoms with Gasteiger partial charge in [-0.25, -0.2) is 4.39 Å². The molecule has 3 heterocycles. The first-order chi connectivity index (χ1) is 17.0. The fraction of sp³-hybridized carbons (Fsp3) is 0.400. The van der Waals surface area contributed by atoms with Crippen LogP contribution in [0.25, 0.3) is 0 Å². The van der Waals surface area contributed by atoms with Crippen LogP contribution in [0, 0.1) is 11.2 Å². The van der Waals surface area contributed by atoms with Crippen molar-refractivity contribution in [3.05, 3.63) is 101 Å². The predicted molar refractivity (Wildman–Crippen MR) is 135 cm³/mol. The van der Waals surface area contributed by atoms with Crippen LogP contribution in [0.1, 0.15) is 59.7 Å². The lowest BCUT2D eigenvalue weighted by molar-refractivity contribution is 0.0558. The van der Waals surface area contributed by atoms with E-state index in [1.807, 2.05) is 12.1 Å². The van der Waals surface area contributed by atoms with Crippen molar-refractivity contribution < 1.29 is 9.18 Å². The molecule has 3 fully saturated rings. The van der Waals surface area contributed by atoms with Crippen molar-refractivity contribution in [3.8, 4) is 0 Å². The zero-order chi connectivity index (χ0) is 24.0. The molecule has 1 aliphatic carbocycles. The Balaban J connectivity index is 1.30. The van der Waals surface area contributed by atoms with Gasteiger partial charge in [-0.15, -0.1) is 0 Å².